The number of halogens is 1. The van der Waals surface area contributed by atoms with Gasteiger partial charge in [-0.25, -0.2) is 4.98 Å². The molecular weight excluding hydrogens is 453 g/mol. The van der Waals surface area contributed by atoms with E-state index in [1.54, 1.807) is 7.05 Å². The number of nitrogens with one attached hydrogen (secondary N) is 2. The first kappa shape index (κ1) is 21.4. The first-order chi connectivity index (χ1) is 12.8. The van der Waals surface area contributed by atoms with Gasteiger partial charge in [-0.15, -0.1) is 24.0 Å². The summed E-state index contributed by atoms with van der Waals surface area (Å²) in [6.07, 6.45) is 1.85. The molecule has 1 aliphatic heterocycles. The molecule has 1 aliphatic rings. The molecule has 0 unspecified atom stereocenters. The van der Waals surface area contributed by atoms with Gasteiger partial charge in [0.15, 0.2) is 5.96 Å². The largest absolute Gasteiger partial charge is 0.378 e. The minimum atomic E-state index is 0. The molecule has 2 heterocycles. The summed E-state index contributed by atoms with van der Waals surface area (Å²) >= 11 is 0. The summed E-state index contributed by atoms with van der Waals surface area (Å²) in [6, 6.07) is 12.6. The van der Waals surface area contributed by atoms with Crippen LogP contribution in [-0.4, -0.2) is 44.3 Å². The summed E-state index contributed by atoms with van der Waals surface area (Å²) in [5.41, 5.74) is 3.66. The van der Waals surface area contributed by atoms with Crippen LogP contribution in [0.5, 0.6) is 0 Å². The predicted molar refractivity (Wildman–Crippen MR) is 121 cm³/mol. The molecule has 6 nitrogen and oxygen atoms in total. The van der Waals surface area contributed by atoms with E-state index in [2.05, 4.69) is 62.8 Å². The Balaban J connectivity index is 0.00000261. The van der Waals surface area contributed by atoms with E-state index in [-0.39, 0.29) is 24.0 Å². The van der Waals surface area contributed by atoms with Gasteiger partial charge in [-0.2, -0.15) is 0 Å². The van der Waals surface area contributed by atoms with Crippen molar-refractivity contribution in [1.82, 2.24) is 15.6 Å². The van der Waals surface area contributed by atoms with Gasteiger partial charge in [0, 0.05) is 45.0 Å². The van der Waals surface area contributed by atoms with Gasteiger partial charge >= 0.3 is 0 Å². The van der Waals surface area contributed by atoms with Crippen LogP contribution in [0.15, 0.2) is 47.6 Å². The van der Waals surface area contributed by atoms with E-state index in [9.17, 15) is 0 Å². The fourth-order valence-electron chi connectivity index (χ4n) is 2.92. The van der Waals surface area contributed by atoms with Crippen LogP contribution in [-0.2, 0) is 17.8 Å². The number of anilines is 1. The van der Waals surface area contributed by atoms with Crippen LogP contribution in [0.3, 0.4) is 0 Å². The third-order valence-electron chi connectivity index (χ3n) is 4.43. The fourth-order valence-corrected chi connectivity index (χ4v) is 2.92. The molecule has 2 N–H and O–H groups in total. The zero-order valence-electron chi connectivity index (χ0n) is 15.9. The van der Waals surface area contributed by atoms with Crippen LogP contribution in [0.2, 0.25) is 0 Å². The minimum absolute atomic E-state index is 0. The predicted octanol–water partition coefficient (Wildman–Crippen LogP) is 2.71. The topological polar surface area (TPSA) is 61.8 Å². The molecule has 1 fully saturated rings. The quantitative estimate of drug-likeness (QED) is 0.391. The van der Waals surface area contributed by atoms with Crippen LogP contribution < -0.4 is 15.5 Å². The molecule has 2 aromatic rings. The highest BCUT2D eigenvalue weighted by atomic mass is 127. The van der Waals surface area contributed by atoms with E-state index in [0.29, 0.717) is 6.54 Å². The Kier molecular flexibility index (Phi) is 8.80. The Morgan fingerprint density at radius 2 is 1.81 bits per heavy atom. The number of aryl methyl sites for hydroxylation is 1. The molecule has 27 heavy (non-hydrogen) atoms. The zero-order chi connectivity index (χ0) is 18.2. The van der Waals surface area contributed by atoms with Crippen LogP contribution in [0.1, 0.15) is 16.7 Å². The molecular formula is C20H28IN5O. The zero-order valence-corrected chi connectivity index (χ0v) is 18.3. The second-order valence-corrected chi connectivity index (χ2v) is 6.35. The molecule has 0 bridgehead atoms. The summed E-state index contributed by atoms with van der Waals surface area (Å²) in [5.74, 6) is 1.81. The third-order valence-corrected chi connectivity index (χ3v) is 4.43. The van der Waals surface area contributed by atoms with Crippen LogP contribution in [0.4, 0.5) is 5.82 Å². The number of guanidine groups is 1. The van der Waals surface area contributed by atoms with E-state index in [1.165, 1.54) is 11.1 Å². The van der Waals surface area contributed by atoms with Crippen molar-refractivity contribution in [3.8, 4) is 0 Å². The van der Waals surface area contributed by atoms with E-state index in [1.807, 2.05) is 12.3 Å². The highest BCUT2D eigenvalue weighted by Gasteiger charge is 2.15. The lowest BCUT2D eigenvalue weighted by atomic mass is 10.1. The monoisotopic (exact) mass is 481 g/mol. The Labute approximate surface area is 178 Å². The normalized spacial score (nSPS) is 14.4. The van der Waals surface area contributed by atoms with Crippen molar-refractivity contribution in [2.75, 3.05) is 38.3 Å². The maximum absolute atomic E-state index is 5.44. The van der Waals surface area contributed by atoms with Gasteiger partial charge in [-0.05, 0) is 18.6 Å². The van der Waals surface area contributed by atoms with Crippen molar-refractivity contribution < 1.29 is 4.74 Å². The molecule has 0 atom stereocenters. The maximum Gasteiger partial charge on any atom is 0.191 e. The molecule has 1 aromatic carbocycles. The van der Waals surface area contributed by atoms with Crippen molar-refractivity contribution in [2.45, 2.75) is 20.0 Å². The lowest BCUT2D eigenvalue weighted by molar-refractivity contribution is 0.122. The van der Waals surface area contributed by atoms with Crippen LogP contribution in [0.25, 0.3) is 0 Å². The Morgan fingerprint density at radius 3 is 2.52 bits per heavy atom. The van der Waals surface area contributed by atoms with Gasteiger partial charge in [-0.3, -0.25) is 4.99 Å². The summed E-state index contributed by atoms with van der Waals surface area (Å²) in [5, 5.41) is 6.75. The SMILES string of the molecule is CN=C(NCc1ccc(C)cc1)NCc1cccnc1N1CCOCC1.I. The van der Waals surface area contributed by atoms with Crippen molar-refractivity contribution >= 4 is 35.8 Å². The molecule has 1 saturated heterocycles. The number of morpholine rings is 1. The number of rotatable bonds is 5. The molecule has 0 spiro atoms. The van der Waals surface area contributed by atoms with E-state index in [0.717, 1.165) is 50.2 Å². The van der Waals surface area contributed by atoms with E-state index >= 15 is 0 Å². The standard InChI is InChI=1S/C20H27N5O.HI/c1-16-5-7-17(8-6-16)14-23-20(21-2)24-15-18-4-3-9-22-19(18)25-10-12-26-13-11-25;/h3-9H,10-15H2,1-2H3,(H2,21,23,24);1H. The van der Waals surface area contributed by atoms with Crippen molar-refractivity contribution in [1.29, 1.82) is 0 Å². The minimum Gasteiger partial charge on any atom is -0.378 e. The lowest BCUT2D eigenvalue weighted by Crippen LogP contribution is -2.39. The van der Waals surface area contributed by atoms with Crippen molar-refractivity contribution in [2.24, 2.45) is 4.99 Å². The molecule has 0 saturated carbocycles. The maximum atomic E-state index is 5.44. The highest BCUT2D eigenvalue weighted by molar-refractivity contribution is 14.0. The third kappa shape index (κ3) is 6.35. The van der Waals surface area contributed by atoms with Crippen LogP contribution in [0, 0.1) is 6.92 Å². The van der Waals surface area contributed by atoms with E-state index < -0.39 is 0 Å². The van der Waals surface area contributed by atoms with Crippen molar-refractivity contribution in [3.05, 3.63) is 59.3 Å². The number of nitrogens with zero attached hydrogens (tertiary/aromatic N) is 3. The number of hydrogen-bond acceptors (Lipinski definition) is 4. The Morgan fingerprint density at radius 1 is 1.11 bits per heavy atom. The van der Waals surface area contributed by atoms with Gasteiger partial charge in [0.25, 0.3) is 0 Å². The summed E-state index contributed by atoms with van der Waals surface area (Å²) in [7, 11) is 1.79. The molecule has 0 aliphatic carbocycles. The van der Waals surface area contributed by atoms with Gasteiger partial charge in [0.2, 0.25) is 0 Å². The second kappa shape index (κ2) is 11.1. The first-order valence-corrected chi connectivity index (χ1v) is 9.03. The van der Waals surface area contributed by atoms with E-state index in [4.69, 9.17) is 4.74 Å². The number of benzene rings is 1. The molecule has 0 amide bonds. The Bertz CT molecular complexity index is 729. The first-order valence-electron chi connectivity index (χ1n) is 9.03. The molecule has 7 heteroatoms. The van der Waals surface area contributed by atoms with Gasteiger partial charge in [0.1, 0.15) is 5.82 Å². The van der Waals surface area contributed by atoms with Gasteiger partial charge in [-0.1, -0.05) is 35.9 Å². The molecule has 3 rings (SSSR count). The number of aromatic nitrogens is 1. The Hall–Kier alpha value is -1.87. The average molecular weight is 481 g/mol. The molecule has 1 aromatic heterocycles. The smallest absolute Gasteiger partial charge is 0.191 e. The lowest BCUT2D eigenvalue weighted by Gasteiger charge is -2.29. The number of aliphatic imine (C=N–C) groups is 1. The second-order valence-electron chi connectivity index (χ2n) is 6.35. The van der Waals surface area contributed by atoms with Crippen molar-refractivity contribution in [3.63, 3.8) is 0 Å². The number of ether oxygens (including phenoxy) is 1. The molecule has 146 valence electrons. The summed E-state index contributed by atoms with van der Waals surface area (Å²) in [6.45, 7) is 6.77. The van der Waals surface area contributed by atoms with Gasteiger partial charge in [0.05, 0.1) is 13.2 Å². The summed E-state index contributed by atoms with van der Waals surface area (Å²) < 4.78 is 5.44. The van der Waals surface area contributed by atoms with Gasteiger partial charge < -0.3 is 20.3 Å². The fraction of sp³-hybridized carbons (Fsp3) is 0.400. The van der Waals surface area contributed by atoms with Crippen LogP contribution >= 0.6 is 24.0 Å². The highest BCUT2D eigenvalue weighted by Crippen LogP contribution is 2.18. The average Bonchev–Trinajstić information content (AvgIpc) is 2.70. The summed E-state index contributed by atoms with van der Waals surface area (Å²) in [4.78, 5) is 11.2. The number of pyridine rings is 1. The number of hydrogen-bond donors (Lipinski definition) is 2. The molecule has 0 radical (unpaired) electrons.